The summed E-state index contributed by atoms with van der Waals surface area (Å²) >= 11 is 0. The first-order valence-corrected chi connectivity index (χ1v) is 6.94. The minimum Gasteiger partial charge on any atom is -0.350 e. The minimum absolute atomic E-state index is 0.808. The van der Waals surface area contributed by atoms with E-state index in [4.69, 9.17) is 0 Å². The lowest BCUT2D eigenvalue weighted by Crippen LogP contribution is -2.19. The highest BCUT2D eigenvalue weighted by molar-refractivity contribution is 5.89. The molecule has 1 saturated carbocycles. The molecule has 96 valence electrons. The van der Waals surface area contributed by atoms with E-state index in [0.29, 0.717) is 0 Å². The lowest BCUT2D eigenvalue weighted by atomic mass is 10.0. The second kappa shape index (κ2) is 4.43. The Labute approximate surface area is 109 Å². The summed E-state index contributed by atoms with van der Waals surface area (Å²) in [6.07, 6.45) is 6.18. The van der Waals surface area contributed by atoms with Crippen LogP contribution in [0.1, 0.15) is 29.5 Å². The van der Waals surface area contributed by atoms with E-state index in [1.807, 2.05) is 0 Å². The summed E-state index contributed by atoms with van der Waals surface area (Å²) in [6.45, 7) is 5.53. The van der Waals surface area contributed by atoms with Crippen LogP contribution in [0.15, 0.2) is 18.3 Å². The van der Waals surface area contributed by atoms with Crippen molar-refractivity contribution >= 4 is 10.9 Å². The van der Waals surface area contributed by atoms with Gasteiger partial charge >= 0.3 is 0 Å². The molecule has 2 aromatic rings. The lowest BCUT2D eigenvalue weighted by molar-refractivity contribution is 0.682. The Bertz CT molecular complexity index is 576. The van der Waals surface area contributed by atoms with Crippen molar-refractivity contribution in [3.8, 4) is 0 Å². The summed E-state index contributed by atoms with van der Waals surface area (Å²) < 4.78 is 2.28. The Morgan fingerprint density at radius 1 is 1.22 bits per heavy atom. The molecule has 1 heterocycles. The van der Waals surface area contributed by atoms with Gasteiger partial charge in [0.25, 0.3) is 0 Å². The molecule has 0 unspecified atom stereocenters. The van der Waals surface area contributed by atoms with Gasteiger partial charge in [0.05, 0.1) is 5.52 Å². The van der Waals surface area contributed by atoms with Gasteiger partial charge in [-0.05, 0) is 56.3 Å². The van der Waals surface area contributed by atoms with Crippen LogP contribution in [-0.4, -0.2) is 17.2 Å². The van der Waals surface area contributed by atoms with Gasteiger partial charge in [-0.2, -0.15) is 0 Å². The number of nitrogens with one attached hydrogen (secondary N) is 1. The highest BCUT2D eigenvalue weighted by Gasteiger charge is 2.20. The molecule has 0 radical (unpaired) electrons. The van der Waals surface area contributed by atoms with Crippen LogP contribution in [0.5, 0.6) is 0 Å². The van der Waals surface area contributed by atoms with Crippen LogP contribution in [0, 0.1) is 13.8 Å². The molecule has 0 atom stereocenters. The fourth-order valence-electron chi connectivity index (χ4n) is 2.91. The molecule has 0 aliphatic heterocycles. The highest BCUT2D eigenvalue weighted by atomic mass is 14.9. The van der Waals surface area contributed by atoms with Crippen LogP contribution >= 0.6 is 0 Å². The van der Waals surface area contributed by atoms with Crippen molar-refractivity contribution in [1.29, 1.82) is 0 Å². The molecule has 1 aromatic carbocycles. The number of nitrogens with zero attached hydrogens (tertiary/aromatic N) is 1. The van der Waals surface area contributed by atoms with E-state index in [9.17, 15) is 0 Å². The van der Waals surface area contributed by atoms with Gasteiger partial charge < -0.3 is 9.88 Å². The molecule has 3 rings (SSSR count). The van der Waals surface area contributed by atoms with E-state index in [-0.39, 0.29) is 0 Å². The quantitative estimate of drug-likeness (QED) is 0.872. The topological polar surface area (TPSA) is 17.0 Å². The number of hydrogen-bond acceptors (Lipinski definition) is 1. The summed E-state index contributed by atoms with van der Waals surface area (Å²) in [5.41, 5.74) is 5.66. The lowest BCUT2D eigenvalue weighted by Gasteiger charge is -2.05. The SMILES string of the molecule is Cc1ccc(C)c2c1c(CCNC1CC1)cn2C. The first kappa shape index (κ1) is 11.8. The Hall–Kier alpha value is -1.28. The normalized spacial score (nSPS) is 15.5. The average molecular weight is 242 g/mol. The Kier molecular flexibility index (Phi) is 2.90. The minimum atomic E-state index is 0.808. The summed E-state index contributed by atoms with van der Waals surface area (Å²) in [7, 11) is 2.16. The van der Waals surface area contributed by atoms with Gasteiger partial charge in [-0.25, -0.2) is 0 Å². The van der Waals surface area contributed by atoms with Crippen LogP contribution in [0.3, 0.4) is 0 Å². The van der Waals surface area contributed by atoms with Gasteiger partial charge in [0.2, 0.25) is 0 Å². The number of fused-ring (bicyclic) bond motifs is 1. The van der Waals surface area contributed by atoms with Crippen LogP contribution in [0.4, 0.5) is 0 Å². The summed E-state index contributed by atoms with van der Waals surface area (Å²) in [4.78, 5) is 0. The van der Waals surface area contributed by atoms with Crippen molar-refractivity contribution in [2.75, 3.05) is 6.54 Å². The maximum Gasteiger partial charge on any atom is 0.0512 e. The first-order chi connectivity index (χ1) is 8.66. The molecule has 0 bridgehead atoms. The molecule has 18 heavy (non-hydrogen) atoms. The summed E-state index contributed by atoms with van der Waals surface area (Å²) in [5.74, 6) is 0. The van der Waals surface area contributed by atoms with Crippen molar-refractivity contribution in [2.45, 2.75) is 39.2 Å². The second-order valence-electron chi connectivity index (χ2n) is 5.67. The molecule has 2 heteroatoms. The third-order valence-electron chi connectivity index (χ3n) is 4.02. The highest BCUT2D eigenvalue weighted by Crippen LogP contribution is 2.27. The number of aromatic nitrogens is 1. The zero-order valence-corrected chi connectivity index (χ0v) is 11.6. The molecule has 1 fully saturated rings. The van der Waals surface area contributed by atoms with Crippen LogP contribution in [-0.2, 0) is 13.5 Å². The Morgan fingerprint density at radius 3 is 2.67 bits per heavy atom. The average Bonchev–Trinajstić information content (AvgIpc) is 3.08. The van der Waals surface area contributed by atoms with Crippen LogP contribution in [0.2, 0.25) is 0 Å². The van der Waals surface area contributed by atoms with Gasteiger partial charge in [0, 0.05) is 24.7 Å². The maximum atomic E-state index is 3.60. The number of hydrogen-bond donors (Lipinski definition) is 1. The standard InChI is InChI=1S/C16H22N2/c1-11-4-5-12(2)16-15(11)13(10-18(16)3)8-9-17-14-6-7-14/h4-5,10,14,17H,6-9H2,1-3H3. The Balaban J connectivity index is 1.92. The molecule has 1 aliphatic rings. The van der Waals surface area contributed by atoms with Crippen LogP contribution < -0.4 is 5.32 Å². The molecule has 1 aliphatic carbocycles. The van der Waals surface area contributed by atoms with E-state index in [0.717, 1.165) is 19.0 Å². The third-order valence-corrected chi connectivity index (χ3v) is 4.02. The first-order valence-electron chi connectivity index (χ1n) is 6.94. The fraction of sp³-hybridized carbons (Fsp3) is 0.500. The van der Waals surface area contributed by atoms with Crippen molar-refractivity contribution in [2.24, 2.45) is 7.05 Å². The smallest absolute Gasteiger partial charge is 0.0512 e. The number of rotatable bonds is 4. The van der Waals surface area contributed by atoms with Gasteiger partial charge in [0.15, 0.2) is 0 Å². The second-order valence-corrected chi connectivity index (χ2v) is 5.67. The zero-order chi connectivity index (χ0) is 12.7. The van der Waals surface area contributed by atoms with Crippen molar-refractivity contribution < 1.29 is 0 Å². The number of aryl methyl sites for hydroxylation is 3. The predicted molar refractivity (Wildman–Crippen MR) is 77.1 cm³/mol. The van der Waals surface area contributed by atoms with E-state index in [2.05, 4.69) is 49.1 Å². The van der Waals surface area contributed by atoms with Gasteiger partial charge in [-0.1, -0.05) is 12.1 Å². The van der Waals surface area contributed by atoms with Crippen LogP contribution in [0.25, 0.3) is 10.9 Å². The van der Waals surface area contributed by atoms with Gasteiger partial charge in [-0.3, -0.25) is 0 Å². The number of benzene rings is 1. The molecule has 0 spiro atoms. The van der Waals surface area contributed by atoms with Gasteiger partial charge in [0.1, 0.15) is 0 Å². The molecule has 0 saturated heterocycles. The maximum absolute atomic E-state index is 3.60. The van der Waals surface area contributed by atoms with E-state index >= 15 is 0 Å². The molecular weight excluding hydrogens is 220 g/mol. The molecule has 1 aromatic heterocycles. The summed E-state index contributed by atoms with van der Waals surface area (Å²) in [5, 5.41) is 5.07. The largest absolute Gasteiger partial charge is 0.350 e. The zero-order valence-electron chi connectivity index (χ0n) is 11.6. The third kappa shape index (κ3) is 2.05. The predicted octanol–water partition coefficient (Wildman–Crippen LogP) is 3.09. The molecule has 1 N–H and O–H groups in total. The monoisotopic (exact) mass is 242 g/mol. The van der Waals surface area contributed by atoms with E-state index in [1.54, 1.807) is 0 Å². The van der Waals surface area contributed by atoms with Crippen molar-refractivity contribution in [3.05, 3.63) is 35.0 Å². The molecular formula is C16H22N2. The van der Waals surface area contributed by atoms with Crippen molar-refractivity contribution in [3.63, 3.8) is 0 Å². The molecule has 2 nitrogen and oxygen atoms in total. The van der Waals surface area contributed by atoms with Gasteiger partial charge in [-0.15, -0.1) is 0 Å². The molecule has 0 amide bonds. The summed E-state index contributed by atoms with van der Waals surface area (Å²) in [6, 6.07) is 5.28. The van der Waals surface area contributed by atoms with Crippen molar-refractivity contribution in [1.82, 2.24) is 9.88 Å². The van der Waals surface area contributed by atoms with E-state index in [1.165, 1.54) is 40.4 Å². The Morgan fingerprint density at radius 2 is 1.94 bits per heavy atom. The fourth-order valence-corrected chi connectivity index (χ4v) is 2.91. The van der Waals surface area contributed by atoms with E-state index < -0.39 is 0 Å².